The van der Waals surface area contributed by atoms with Crippen LogP contribution in [0.2, 0.25) is 0 Å². The molecule has 2 aliphatic rings. The summed E-state index contributed by atoms with van der Waals surface area (Å²) in [6.45, 7) is 0. The third-order valence-electron chi connectivity index (χ3n) is 4.59. The van der Waals surface area contributed by atoms with Gasteiger partial charge < -0.3 is 10.2 Å². The van der Waals surface area contributed by atoms with E-state index < -0.39 is 0 Å². The average Bonchev–Trinajstić information content (AvgIpc) is 2.77. The summed E-state index contributed by atoms with van der Waals surface area (Å²) in [4.78, 5) is 14.3. The van der Waals surface area contributed by atoms with E-state index in [-0.39, 0.29) is 5.91 Å². The van der Waals surface area contributed by atoms with Crippen molar-refractivity contribution in [2.24, 2.45) is 0 Å². The minimum atomic E-state index is 0.248. The molecular weight excluding hydrogens is 236 g/mol. The van der Waals surface area contributed by atoms with Gasteiger partial charge in [0.2, 0.25) is 5.91 Å². The molecule has 2 unspecified atom stereocenters. The second-order valence-corrected chi connectivity index (χ2v) is 5.93. The molecule has 19 heavy (non-hydrogen) atoms. The average molecular weight is 258 g/mol. The molecule has 1 N–H and O–H groups in total. The Hall–Kier alpha value is -1.35. The third kappa shape index (κ3) is 2.81. The van der Waals surface area contributed by atoms with Gasteiger partial charge in [0.1, 0.15) is 0 Å². The molecule has 0 radical (unpaired) electrons. The second kappa shape index (κ2) is 5.33. The van der Waals surface area contributed by atoms with Crippen molar-refractivity contribution >= 4 is 5.91 Å². The molecule has 1 aromatic rings. The van der Waals surface area contributed by atoms with Crippen LogP contribution >= 0.6 is 0 Å². The number of rotatable bonds is 3. The summed E-state index contributed by atoms with van der Waals surface area (Å²) in [6, 6.07) is 11.7. The molecule has 2 aliphatic heterocycles. The molecule has 3 rings (SSSR count). The maximum Gasteiger partial charge on any atom is 0.226 e. The first-order chi connectivity index (χ1) is 9.22. The Bertz CT molecular complexity index is 433. The van der Waals surface area contributed by atoms with Crippen molar-refractivity contribution in [1.82, 2.24) is 10.2 Å². The van der Waals surface area contributed by atoms with Gasteiger partial charge in [-0.1, -0.05) is 30.3 Å². The maximum atomic E-state index is 12.4. The lowest BCUT2D eigenvalue weighted by atomic mass is 9.98. The van der Waals surface area contributed by atoms with Gasteiger partial charge in [0.05, 0.1) is 6.42 Å². The Morgan fingerprint density at radius 1 is 1.21 bits per heavy atom. The highest BCUT2D eigenvalue weighted by atomic mass is 16.2. The van der Waals surface area contributed by atoms with E-state index in [1.54, 1.807) is 0 Å². The van der Waals surface area contributed by atoms with E-state index in [1.807, 2.05) is 42.3 Å². The van der Waals surface area contributed by atoms with E-state index in [4.69, 9.17) is 0 Å². The SMILES string of the molecule is CN(C(=O)Cc1ccccc1)C1CC2CCC(C1)N2. The number of nitrogens with one attached hydrogen (secondary N) is 1. The van der Waals surface area contributed by atoms with E-state index in [0.717, 1.165) is 18.4 Å². The molecule has 102 valence electrons. The minimum Gasteiger partial charge on any atom is -0.342 e. The standard InChI is InChI=1S/C16H22N2O/c1-18(15-10-13-7-8-14(11-15)17-13)16(19)9-12-5-3-2-4-6-12/h2-6,13-15,17H,7-11H2,1H3. The van der Waals surface area contributed by atoms with Crippen LogP contribution in [-0.4, -0.2) is 36.0 Å². The lowest BCUT2D eigenvalue weighted by Crippen LogP contribution is -2.49. The van der Waals surface area contributed by atoms with Gasteiger partial charge in [-0.25, -0.2) is 0 Å². The number of hydrogen-bond acceptors (Lipinski definition) is 2. The van der Waals surface area contributed by atoms with Crippen LogP contribution in [0.5, 0.6) is 0 Å². The van der Waals surface area contributed by atoms with Gasteiger partial charge in [-0.05, 0) is 31.2 Å². The Labute approximate surface area is 115 Å². The third-order valence-corrected chi connectivity index (χ3v) is 4.59. The molecule has 0 saturated carbocycles. The van der Waals surface area contributed by atoms with E-state index in [1.165, 1.54) is 12.8 Å². The van der Waals surface area contributed by atoms with E-state index in [9.17, 15) is 4.79 Å². The molecular formula is C16H22N2O. The topological polar surface area (TPSA) is 32.3 Å². The van der Waals surface area contributed by atoms with Gasteiger partial charge in [-0.2, -0.15) is 0 Å². The van der Waals surface area contributed by atoms with Crippen molar-refractivity contribution in [3.63, 3.8) is 0 Å². The van der Waals surface area contributed by atoms with Crippen molar-refractivity contribution in [2.75, 3.05) is 7.05 Å². The number of fused-ring (bicyclic) bond motifs is 2. The molecule has 2 atom stereocenters. The van der Waals surface area contributed by atoms with Crippen molar-refractivity contribution in [3.05, 3.63) is 35.9 Å². The van der Waals surface area contributed by atoms with Crippen LogP contribution in [0.3, 0.4) is 0 Å². The monoisotopic (exact) mass is 258 g/mol. The number of piperidine rings is 1. The minimum absolute atomic E-state index is 0.248. The first-order valence-electron chi connectivity index (χ1n) is 7.28. The predicted molar refractivity (Wildman–Crippen MR) is 75.9 cm³/mol. The maximum absolute atomic E-state index is 12.4. The normalized spacial score (nSPS) is 29.2. The van der Waals surface area contributed by atoms with Crippen LogP contribution in [0.15, 0.2) is 30.3 Å². The summed E-state index contributed by atoms with van der Waals surface area (Å²) in [5, 5.41) is 3.63. The molecule has 0 aliphatic carbocycles. The first-order valence-corrected chi connectivity index (χ1v) is 7.28. The number of nitrogens with zero attached hydrogens (tertiary/aromatic N) is 1. The Kier molecular flexibility index (Phi) is 3.56. The molecule has 3 nitrogen and oxygen atoms in total. The Morgan fingerprint density at radius 3 is 2.47 bits per heavy atom. The molecule has 0 spiro atoms. The number of benzene rings is 1. The highest BCUT2D eigenvalue weighted by molar-refractivity contribution is 5.78. The number of carbonyl (C=O) groups excluding carboxylic acids is 1. The largest absolute Gasteiger partial charge is 0.342 e. The van der Waals surface area contributed by atoms with Gasteiger partial charge >= 0.3 is 0 Å². The molecule has 1 amide bonds. The van der Waals surface area contributed by atoms with Gasteiger partial charge in [0.15, 0.2) is 0 Å². The summed E-state index contributed by atoms with van der Waals surface area (Å²) in [6.07, 6.45) is 5.32. The lowest BCUT2D eigenvalue weighted by Gasteiger charge is -2.35. The van der Waals surface area contributed by atoms with Gasteiger partial charge in [-0.3, -0.25) is 4.79 Å². The van der Waals surface area contributed by atoms with Crippen LogP contribution in [0.4, 0.5) is 0 Å². The van der Waals surface area contributed by atoms with Crippen molar-refractivity contribution in [3.8, 4) is 0 Å². The fraction of sp³-hybridized carbons (Fsp3) is 0.562. The smallest absolute Gasteiger partial charge is 0.226 e. The highest BCUT2D eigenvalue weighted by Gasteiger charge is 2.36. The van der Waals surface area contributed by atoms with E-state index >= 15 is 0 Å². The highest BCUT2D eigenvalue weighted by Crippen LogP contribution is 2.29. The quantitative estimate of drug-likeness (QED) is 0.899. The molecule has 2 bridgehead atoms. The second-order valence-electron chi connectivity index (χ2n) is 5.93. The fourth-order valence-corrected chi connectivity index (χ4v) is 3.44. The number of hydrogen-bond donors (Lipinski definition) is 1. The predicted octanol–water partition coefficient (Wildman–Crippen LogP) is 1.97. The van der Waals surface area contributed by atoms with Crippen molar-refractivity contribution < 1.29 is 4.79 Å². The molecule has 2 heterocycles. The lowest BCUT2D eigenvalue weighted by molar-refractivity contribution is -0.131. The Balaban J connectivity index is 1.60. The number of amides is 1. The van der Waals surface area contributed by atoms with Gasteiger partial charge in [0, 0.05) is 25.2 Å². The first kappa shape index (κ1) is 12.7. The molecule has 1 aromatic carbocycles. The van der Waals surface area contributed by atoms with Crippen molar-refractivity contribution in [2.45, 2.75) is 50.2 Å². The zero-order valence-electron chi connectivity index (χ0n) is 11.5. The summed E-state index contributed by atoms with van der Waals surface area (Å²) in [5.74, 6) is 0.248. The zero-order chi connectivity index (χ0) is 13.2. The van der Waals surface area contributed by atoms with Gasteiger partial charge in [0.25, 0.3) is 0 Å². The van der Waals surface area contributed by atoms with Crippen LogP contribution in [-0.2, 0) is 11.2 Å². The van der Waals surface area contributed by atoms with Crippen LogP contribution in [0.1, 0.15) is 31.2 Å². The molecule has 3 heteroatoms. The summed E-state index contributed by atoms with van der Waals surface area (Å²) >= 11 is 0. The fourth-order valence-electron chi connectivity index (χ4n) is 3.44. The summed E-state index contributed by atoms with van der Waals surface area (Å²) < 4.78 is 0. The Morgan fingerprint density at radius 2 is 1.84 bits per heavy atom. The van der Waals surface area contributed by atoms with E-state index in [2.05, 4.69) is 5.32 Å². The number of likely N-dealkylation sites (N-methyl/N-ethyl adjacent to an activating group) is 1. The van der Waals surface area contributed by atoms with E-state index in [0.29, 0.717) is 24.5 Å². The zero-order valence-corrected chi connectivity index (χ0v) is 11.5. The van der Waals surface area contributed by atoms with Crippen LogP contribution < -0.4 is 5.32 Å². The summed E-state index contributed by atoms with van der Waals surface area (Å²) in [7, 11) is 1.97. The summed E-state index contributed by atoms with van der Waals surface area (Å²) in [5.41, 5.74) is 1.11. The van der Waals surface area contributed by atoms with Crippen LogP contribution in [0, 0.1) is 0 Å². The molecule has 2 saturated heterocycles. The molecule has 2 fully saturated rings. The van der Waals surface area contributed by atoms with Gasteiger partial charge in [-0.15, -0.1) is 0 Å². The van der Waals surface area contributed by atoms with Crippen LogP contribution in [0.25, 0.3) is 0 Å². The van der Waals surface area contributed by atoms with Crippen molar-refractivity contribution in [1.29, 1.82) is 0 Å². The molecule has 0 aromatic heterocycles. The number of carbonyl (C=O) groups is 1.